The van der Waals surface area contributed by atoms with Gasteiger partial charge in [-0.05, 0) is 24.1 Å². The number of imidazole rings is 1. The van der Waals surface area contributed by atoms with E-state index in [1.54, 1.807) is 0 Å². The minimum atomic E-state index is -1.19. The van der Waals surface area contributed by atoms with Crippen molar-refractivity contribution in [2.75, 3.05) is 12.3 Å². The maximum absolute atomic E-state index is 10.4. The van der Waals surface area contributed by atoms with Crippen LogP contribution in [0.4, 0.5) is 5.82 Å². The van der Waals surface area contributed by atoms with Crippen LogP contribution in [0.2, 0.25) is 0 Å². The first-order valence-electron chi connectivity index (χ1n) is 9.68. The number of hydrogen-bond donors (Lipinski definition) is 8. The Morgan fingerprint density at radius 1 is 1.15 bits per heavy atom. The highest BCUT2D eigenvalue weighted by Crippen LogP contribution is 2.31. The summed E-state index contributed by atoms with van der Waals surface area (Å²) in [5.74, 6) is -1.40. The number of anilines is 1. The van der Waals surface area contributed by atoms with Crippen molar-refractivity contribution < 1.29 is 40.2 Å². The number of aromatic nitrogens is 4. The van der Waals surface area contributed by atoms with Gasteiger partial charge in [0.1, 0.15) is 36.2 Å². The molecule has 0 radical (unpaired) electrons. The molecule has 0 amide bonds. The molecular weight excluding hydrogens is 440 g/mol. The normalized spacial score (nSPS) is 23.2. The monoisotopic (exact) mass is 464 g/mol. The van der Waals surface area contributed by atoms with Gasteiger partial charge in [-0.15, -0.1) is 0 Å². The SMILES string of the molecule is N[C@@H](Cc1ccc(O)c(O)c1)C(=O)O.Nc1ncnc2c1ncn2[C@@H]1O[C@H](CO)[C@@H](O)[C@H]1O. The Bertz CT molecular complexity index is 1120. The molecule has 14 nitrogen and oxygen atoms in total. The van der Waals surface area contributed by atoms with Crippen molar-refractivity contribution in [3.8, 4) is 11.5 Å². The first-order chi connectivity index (χ1) is 15.6. The molecule has 4 rings (SSSR count). The molecule has 33 heavy (non-hydrogen) atoms. The summed E-state index contributed by atoms with van der Waals surface area (Å²) >= 11 is 0. The lowest BCUT2D eigenvalue weighted by atomic mass is 10.1. The van der Waals surface area contributed by atoms with Crippen molar-refractivity contribution in [1.29, 1.82) is 0 Å². The van der Waals surface area contributed by atoms with Gasteiger partial charge in [0.2, 0.25) is 0 Å². The Labute approximate surface area is 186 Å². The third kappa shape index (κ3) is 5.10. The fraction of sp³-hybridized carbons (Fsp3) is 0.368. The van der Waals surface area contributed by atoms with Gasteiger partial charge < -0.3 is 46.8 Å². The second kappa shape index (κ2) is 9.93. The Morgan fingerprint density at radius 3 is 2.48 bits per heavy atom. The summed E-state index contributed by atoms with van der Waals surface area (Å²) in [5, 5.41) is 55.4. The Hall–Kier alpha value is -3.56. The van der Waals surface area contributed by atoms with Gasteiger partial charge >= 0.3 is 5.97 Å². The second-order valence-electron chi connectivity index (χ2n) is 7.28. The zero-order valence-corrected chi connectivity index (χ0v) is 17.1. The number of phenolic OH excluding ortho intramolecular Hbond substituents is 2. The molecule has 0 spiro atoms. The van der Waals surface area contributed by atoms with Gasteiger partial charge in [0.05, 0.1) is 12.9 Å². The van der Waals surface area contributed by atoms with E-state index in [0.717, 1.165) is 0 Å². The van der Waals surface area contributed by atoms with Crippen LogP contribution in [0.1, 0.15) is 11.8 Å². The van der Waals surface area contributed by atoms with Crippen molar-refractivity contribution in [2.24, 2.45) is 5.73 Å². The van der Waals surface area contributed by atoms with Crippen molar-refractivity contribution in [3.05, 3.63) is 36.4 Å². The van der Waals surface area contributed by atoms with E-state index in [9.17, 15) is 15.0 Å². The van der Waals surface area contributed by atoms with Crippen LogP contribution in [-0.4, -0.2) is 87.1 Å². The van der Waals surface area contributed by atoms with Crippen LogP contribution in [0, 0.1) is 0 Å². The zero-order valence-electron chi connectivity index (χ0n) is 17.1. The van der Waals surface area contributed by atoms with E-state index in [1.165, 1.54) is 35.4 Å². The van der Waals surface area contributed by atoms with Crippen LogP contribution < -0.4 is 11.5 Å². The maximum Gasteiger partial charge on any atom is 0.320 e. The number of aromatic hydroxyl groups is 2. The molecule has 3 aromatic rings. The number of carbonyl (C=O) groups is 1. The van der Waals surface area contributed by atoms with Crippen LogP contribution >= 0.6 is 0 Å². The molecule has 1 saturated heterocycles. The highest BCUT2D eigenvalue weighted by atomic mass is 16.6. The van der Waals surface area contributed by atoms with E-state index >= 15 is 0 Å². The van der Waals surface area contributed by atoms with E-state index in [1.807, 2.05) is 0 Å². The van der Waals surface area contributed by atoms with Crippen molar-refractivity contribution in [1.82, 2.24) is 19.5 Å². The van der Waals surface area contributed by atoms with Crippen LogP contribution in [0.15, 0.2) is 30.9 Å². The lowest BCUT2D eigenvalue weighted by molar-refractivity contribution is -0.138. The number of aliphatic carboxylic acids is 1. The van der Waals surface area contributed by atoms with E-state index in [2.05, 4.69) is 15.0 Å². The predicted molar refractivity (Wildman–Crippen MR) is 112 cm³/mol. The number of nitrogen functional groups attached to an aromatic ring is 1. The van der Waals surface area contributed by atoms with Gasteiger partial charge in [-0.2, -0.15) is 0 Å². The molecule has 2 aromatic heterocycles. The standard InChI is InChI=1S/C10H13N5O4.C9H11NO4/c11-8-5-9(13-2-12-8)15(3-14-5)10-7(18)6(17)4(1-16)19-10;10-6(9(13)14)3-5-1-2-7(11)8(12)4-5/h2-4,6-7,10,16-18H,1H2,(H2,11,12,13);1-2,4,6,11-12H,3,10H2,(H,13,14)/t4-,6-,7-,10-;6-/m10/s1. The zero-order chi connectivity index (χ0) is 24.3. The molecule has 1 aliphatic heterocycles. The smallest absolute Gasteiger partial charge is 0.320 e. The van der Waals surface area contributed by atoms with Crippen LogP contribution in [0.25, 0.3) is 11.2 Å². The number of aliphatic hydroxyl groups excluding tert-OH is 3. The summed E-state index contributed by atoms with van der Waals surface area (Å²) in [6.07, 6.45) is -1.31. The number of fused-ring (bicyclic) bond motifs is 1. The van der Waals surface area contributed by atoms with E-state index in [0.29, 0.717) is 16.7 Å². The van der Waals surface area contributed by atoms with Gasteiger partial charge in [-0.25, -0.2) is 15.0 Å². The topological polar surface area (TPSA) is 243 Å². The van der Waals surface area contributed by atoms with Crippen molar-refractivity contribution >= 4 is 23.0 Å². The molecular formula is C19H24N6O8. The highest BCUT2D eigenvalue weighted by Gasteiger charge is 2.43. The van der Waals surface area contributed by atoms with E-state index in [-0.39, 0.29) is 23.7 Å². The average molecular weight is 464 g/mol. The average Bonchev–Trinajstić information content (AvgIpc) is 3.33. The Balaban J connectivity index is 0.000000196. The lowest BCUT2D eigenvalue weighted by Gasteiger charge is -2.16. The molecule has 1 aromatic carbocycles. The number of hydrogen-bond acceptors (Lipinski definition) is 12. The van der Waals surface area contributed by atoms with Crippen LogP contribution in [-0.2, 0) is 16.0 Å². The van der Waals surface area contributed by atoms with Gasteiger partial charge in [0, 0.05) is 0 Å². The number of nitrogens with two attached hydrogens (primary N) is 2. The number of aliphatic hydroxyl groups is 3. The summed E-state index contributed by atoms with van der Waals surface area (Å²) in [7, 11) is 0. The van der Waals surface area contributed by atoms with Gasteiger partial charge in [0.25, 0.3) is 0 Å². The number of ether oxygens (including phenoxy) is 1. The maximum atomic E-state index is 10.4. The minimum Gasteiger partial charge on any atom is -0.504 e. The lowest BCUT2D eigenvalue weighted by Crippen LogP contribution is -2.33. The molecule has 14 heteroatoms. The Kier molecular flexibility index (Phi) is 7.25. The number of rotatable bonds is 5. The summed E-state index contributed by atoms with van der Waals surface area (Å²) in [6.45, 7) is -0.390. The molecule has 10 N–H and O–H groups in total. The number of phenols is 2. The van der Waals surface area contributed by atoms with Crippen molar-refractivity contribution in [2.45, 2.75) is 37.0 Å². The van der Waals surface area contributed by atoms with Crippen LogP contribution in [0.3, 0.4) is 0 Å². The fourth-order valence-electron chi connectivity index (χ4n) is 3.20. The Morgan fingerprint density at radius 2 is 1.88 bits per heavy atom. The summed E-state index contributed by atoms with van der Waals surface area (Å²) in [4.78, 5) is 22.3. The highest BCUT2D eigenvalue weighted by molar-refractivity contribution is 5.81. The molecule has 1 aliphatic rings. The van der Waals surface area contributed by atoms with Crippen molar-refractivity contribution in [3.63, 3.8) is 0 Å². The summed E-state index contributed by atoms with van der Waals surface area (Å²) in [6, 6.07) is 3.09. The number of nitrogens with zero attached hydrogens (tertiary/aromatic N) is 4. The van der Waals surface area contributed by atoms with Crippen LogP contribution in [0.5, 0.6) is 11.5 Å². The predicted octanol–water partition coefficient (Wildman–Crippen LogP) is -1.93. The number of benzene rings is 1. The molecule has 178 valence electrons. The molecule has 0 bridgehead atoms. The van der Waals surface area contributed by atoms with Gasteiger partial charge in [-0.1, -0.05) is 6.07 Å². The van der Waals surface area contributed by atoms with E-state index < -0.39 is 43.2 Å². The van der Waals surface area contributed by atoms with E-state index in [4.69, 9.17) is 36.6 Å². The summed E-state index contributed by atoms with van der Waals surface area (Å²) in [5.41, 5.74) is 12.3. The third-order valence-electron chi connectivity index (χ3n) is 4.99. The van der Waals surface area contributed by atoms with Gasteiger partial charge in [-0.3, -0.25) is 9.36 Å². The molecule has 1 fully saturated rings. The number of carboxylic acid groups (broad SMARTS) is 1. The first-order valence-corrected chi connectivity index (χ1v) is 9.68. The minimum absolute atomic E-state index is 0.114. The molecule has 0 saturated carbocycles. The molecule has 0 aliphatic carbocycles. The molecule has 3 heterocycles. The largest absolute Gasteiger partial charge is 0.504 e. The fourth-order valence-corrected chi connectivity index (χ4v) is 3.20. The first kappa shape index (κ1) is 24.1. The van der Waals surface area contributed by atoms with Gasteiger partial charge in [0.15, 0.2) is 29.2 Å². The second-order valence-corrected chi connectivity index (χ2v) is 7.28. The quantitative estimate of drug-likeness (QED) is 0.192. The molecule has 5 atom stereocenters. The summed E-state index contributed by atoms with van der Waals surface area (Å²) < 4.78 is 6.85. The third-order valence-corrected chi connectivity index (χ3v) is 4.99. The number of carboxylic acids is 1. The molecule has 0 unspecified atom stereocenters.